The zero-order valence-corrected chi connectivity index (χ0v) is 19.3. The standard InChI is InChI=1S/C23H33N3O2S/c1-7-25-12-14-26(15-13-25)22-11-9-8-10-21(22)24-29(27,28)23-19(5)17(3)16(2)18(4)20(23)6/h8-11,24H,7,12-15H2,1-6H3/p+1. The average molecular weight is 417 g/mol. The molecule has 29 heavy (non-hydrogen) atoms. The normalized spacial score (nSPS) is 15.6. The van der Waals surface area contributed by atoms with Crippen molar-refractivity contribution in [3.63, 3.8) is 0 Å². The smallest absolute Gasteiger partial charge is 0.262 e. The van der Waals surface area contributed by atoms with E-state index in [1.165, 1.54) is 0 Å². The maximum atomic E-state index is 13.5. The summed E-state index contributed by atoms with van der Waals surface area (Å²) < 4.78 is 29.8. The lowest BCUT2D eigenvalue weighted by Gasteiger charge is -2.34. The number of quaternary nitrogens is 1. The third kappa shape index (κ3) is 4.14. The Bertz CT molecular complexity index is 978. The first-order valence-electron chi connectivity index (χ1n) is 10.4. The number of piperazine rings is 1. The van der Waals surface area contributed by atoms with Crippen molar-refractivity contribution < 1.29 is 13.3 Å². The molecule has 0 bridgehead atoms. The Balaban J connectivity index is 1.98. The van der Waals surface area contributed by atoms with Crippen LogP contribution in [-0.4, -0.2) is 41.1 Å². The second kappa shape index (κ2) is 8.36. The molecular formula is C23H34N3O2S+. The first-order valence-corrected chi connectivity index (χ1v) is 11.9. The van der Waals surface area contributed by atoms with E-state index in [1.54, 1.807) is 4.90 Å². The van der Waals surface area contributed by atoms with Gasteiger partial charge in [-0.3, -0.25) is 4.72 Å². The number of benzene rings is 2. The lowest BCUT2D eigenvalue weighted by atomic mass is 9.95. The van der Waals surface area contributed by atoms with Gasteiger partial charge in [-0.05, 0) is 81.5 Å². The fraction of sp³-hybridized carbons (Fsp3) is 0.478. The first-order chi connectivity index (χ1) is 13.7. The van der Waals surface area contributed by atoms with Crippen LogP contribution in [-0.2, 0) is 10.0 Å². The van der Waals surface area contributed by atoms with Crippen molar-refractivity contribution in [2.24, 2.45) is 0 Å². The minimum atomic E-state index is -3.69. The molecule has 6 heteroatoms. The second-order valence-corrected chi connectivity index (χ2v) is 9.79. The topological polar surface area (TPSA) is 53.9 Å². The van der Waals surface area contributed by atoms with E-state index in [1.807, 2.05) is 52.0 Å². The van der Waals surface area contributed by atoms with Crippen molar-refractivity contribution in [1.29, 1.82) is 0 Å². The van der Waals surface area contributed by atoms with Gasteiger partial charge in [0.25, 0.3) is 10.0 Å². The van der Waals surface area contributed by atoms with E-state index in [4.69, 9.17) is 0 Å². The molecule has 2 aromatic rings. The Morgan fingerprint density at radius 1 is 0.897 bits per heavy atom. The fourth-order valence-electron chi connectivity index (χ4n) is 4.32. The number of hydrogen-bond donors (Lipinski definition) is 2. The van der Waals surface area contributed by atoms with Crippen molar-refractivity contribution in [3.05, 3.63) is 52.1 Å². The van der Waals surface area contributed by atoms with Crippen LogP contribution >= 0.6 is 0 Å². The Morgan fingerprint density at radius 3 is 1.97 bits per heavy atom. The van der Waals surface area contributed by atoms with Gasteiger partial charge < -0.3 is 9.80 Å². The molecule has 158 valence electrons. The molecule has 1 aliphatic heterocycles. The molecule has 1 saturated heterocycles. The minimum absolute atomic E-state index is 0.410. The zero-order chi connectivity index (χ0) is 21.3. The van der Waals surface area contributed by atoms with Gasteiger partial charge in [0.1, 0.15) is 0 Å². The van der Waals surface area contributed by atoms with E-state index >= 15 is 0 Å². The molecule has 0 radical (unpaired) electrons. The molecule has 0 spiro atoms. The molecule has 1 fully saturated rings. The van der Waals surface area contributed by atoms with Gasteiger partial charge in [0, 0.05) is 0 Å². The second-order valence-electron chi connectivity index (χ2n) is 8.17. The van der Waals surface area contributed by atoms with Crippen LogP contribution in [0.1, 0.15) is 34.7 Å². The van der Waals surface area contributed by atoms with Gasteiger partial charge in [-0.2, -0.15) is 0 Å². The highest BCUT2D eigenvalue weighted by molar-refractivity contribution is 7.92. The monoisotopic (exact) mass is 416 g/mol. The van der Waals surface area contributed by atoms with Crippen molar-refractivity contribution in [1.82, 2.24) is 0 Å². The van der Waals surface area contributed by atoms with Gasteiger partial charge in [-0.15, -0.1) is 0 Å². The molecule has 0 aliphatic carbocycles. The highest BCUT2D eigenvalue weighted by atomic mass is 32.2. The van der Waals surface area contributed by atoms with Crippen LogP contribution in [0.2, 0.25) is 0 Å². The van der Waals surface area contributed by atoms with E-state index in [0.29, 0.717) is 10.6 Å². The van der Waals surface area contributed by atoms with Crippen LogP contribution in [0.15, 0.2) is 29.2 Å². The lowest BCUT2D eigenvalue weighted by molar-refractivity contribution is -0.898. The molecule has 0 saturated carbocycles. The maximum Gasteiger partial charge on any atom is 0.262 e. The molecular weight excluding hydrogens is 382 g/mol. The Labute approximate surface area is 175 Å². The number of sulfonamides is 1. The third-order valence-corrected chi connectivity index (χ3v) is 8.30. The van der Waals surface area contributed by atoms with Gasteiger partial charge in [-0.25, -0.2) is 8.42 Å². The molecule has 0 aromatic heterocycles. The maximum absolute atomic E-state index is 13.5. The highest BCUT2D eigenvalue weighted by Gasteiger charge is 2.26. The number of hydrogen-bond acceptors (Lipinski definition) is 3. The summed E-state index contributed by atoms with van der Waals surface area (Å²) in [5.74, 6) is 0. The molecule has 1 heterocycles. The van der Waals surface area contributed by atoms with Crippen LogP contribution in [0.3, 0.4) is 0 Å². The molecule has 5 nitrogen and oxygen atoms in total. The number of anilines is 2. The van der Waals surface area contributed by atoms with Crippen LogP contribution < -0.4 is 14.5 Å². The molecule has 0 unspecified atom stereocenters. The Kier molecular flexibility index (Phi) is 6.24. The van der Waals surface area contributed by atoms with Gasteiger partial charge in [0.2, 0.25) is 0 Å². The van der Waals surface area contributed by atoms with Gasteiger partial charge >= 0.3 is 0 Å². The zero-order valence-electron chi connectivity index (χ0n) is 18.5. The largest absolute Gasteiger partial charge is 0.359 e. The lowest BCUT2D eigenvalue weighted by Crippen LogP contribution is -3.14. The summed E-state index contributed by atoms with van der Waals surface area (Å²) >= 11 is 0. The molecule has 2 N–H and O–H groups in total. The van der Waals surface area contributed by atoms with E-state index < -0.39 is 10.0 Å². The summed E-state index contributed by atoms with van der Waals surface area (Å²) in [6.45, 7) is 17.2. The molecule has 2 aromatic carbocycles. The summed E-state index contributed by atoms with van der Waals surface area (Å²) in [4.78, 5) is 4.30. The molecule has 0 atom stereocenters. The summed E-state index contributed by atoms with van der Waals surface area (Å²) in [5.41, 5.74) is 6.52. The van der Waals surface area contributed by atoms with Crippen molar-refractivity contribution in [2.75, 3.05) is 42.3 Å². The summed E-state index contributed by atoms with van der Waals surface area (Å²) in [5, 5.41) is 0. The van der Waals surface area contributed by atoms with Gasteiger partial charge in [0.05, 0.1) is 49.0 Å². The van der Waals surface area contributed by atoms with Crippen molar-refractivity contribution in [3.8, 4) is 0 Å². The summed E-state index contributed by atoms with van der Waals surface area (Å²) in [6.07, 6.45) is 0. The Hall–Kier alpha value is -2.05. The van der Waals surface area contributed by atoms with Crippen LogP contribution in [0, 0.1) is 34.6 Å². The third-order valence-electron chi connectivity index (χ3n) is 6.66. The van der Waals surface area contributed by atoms with E-state index in [0.717, 1.165) is 66.2 Å². The van der Waals surface area contributed by atoms with Crippen LogP contribution in [0.25, 0.3) is 0 Å². The van der Waals surface area contributed by atoms with Gasteiger partial charge in [-0.1, -0.05) is 12.1 Å². The number of nitrogens with zero attached hydrogens (tertiary/aromatic N) is 1. The number of para-hydroxylation sites is 2. The van der Waals surface area contributed by atoms with E-state index in [-0.39, 0.29) is 0 Å². The van der Waals surface area contributed by atoms with Crippen molar-refractivity contribution >= 4 is 21.4 Å². The van der Waals surface area contributed by atoms with Gasteiger partial charge in [0.15, 0.2) is 0 Å². The quantitative estimate of drug-likeness (QED) is 0.788. The van der Waals surface area contributed by atoms with Crippen LogP contribution in [0.5, 0.6) is 0 Å². The molecule has 1 aliphatic rings. The molecule has 3 rings (SSSR count). The average Bonchev–Trinajstić information content (AvgIpc) is 2.71. The SMILES string of the molecule is CC[NH+]1CCN(c2ccccc2NS(=O)(=O)c2c(C)c(C)c(C)c(C)c2C)CC1. The number of likely N-dealkylation sites (N-methyl/N-ethyl adjacent to an activating group) is 1. The van der Waals surface area contributed by atoms with Crippen molar-refractivity contribution in [2.45, 2.75) is 46.4 Å². The Morgan fingerprint density at radius 2 is 1.41 bits per heavy atom. The molecule has 0 amide bonds. The van der Waals surface area contributed by atoms with E-state index in [2.05, 4.69) is 23.5 Å². The number of rotatable bonds is 5. The fourth-order valence-corrected chi connectivity index (χ4v) is 5.99. The predicted octanol–water partition coefficient (Wildman–Crippen LogP) is 2.75. The summed E-state index contributed by atoms with van der Waals surface area (Å²) in [6, 6.07) is 7.74. The predicted molar refractivity (Wildman–Crippen MR) is 121 cm³/mol. The van der Waals surface area contributed by atoms with E-state index in [9.17, 15) is 8.42 Å². The first kappa shape index (κ1) is 21.7. The summed E-state index contributed by atoms with van der Waals surface area (Å²) in [7, 11) is -3.69. The van der Waals surface area contributed by atoms with Crippen LogP contribution in [0.4, 0.5) is 11.4 Å². The minimum Gasteiger partial charge on any atom is -0.359 e. The highest BCUT2D eigenvalue weighted by Crippen LogP contribution is 2.33. The number of nitrogens with one attached hydrogen (secondary N) is 2.